The molecule has 112 valence electrons. The molecule has 21 heavy (non-hydrogen) atoms. The van der Waals surface area contributed by atoms with Gasteiger partial charge in [0.25, 0.3) is 0 Å². The van der Waals surface area contributed by atoms with Crippen LogP contribution in [0.25, 0.3) is 0 Å². The third-order valence-corrected chi connectivity index (χ3v) is 3.64. The molecule has 1 fully saturated rings. The van der Waals surface area contributed by atoms with Gasteiger partial charge in [-0.2, -0.15) is 5.10 Å². The molecule has 0 bridgehead atoms. The summed E-state index contributed by atoms with van der Waals surface area (Å²) in [6.45, 7) is 9.17. The Morgan fingerprint density at radius 1 is 1.29 bits per heavy atom. The highest BCUT2D eigenvalue weighted by Crippen LogP contribution is 2.19. The van der Waals surface area contributed by atoms with Gasteiger partial charge in [0.2, 0.25) is 0 Å². The Kier molecular flexibility index (Phi) is 3.88. The van der Waals surface area contributed by atoms with Crippen molar-refractivity contribution in [1.29, 1.82) is 0 Å². The van der Waals surface area contributed by atoms with Crippen molar-refractivity contribution in [2.45, 2.75) is 33.4 Å². The van der Waals surface area contributed by atoms with E-state index in [4.69, 9.17) is 4.74 Å². The predicted octanol–water partition coefficient (Wildman–Crippen LogP) is 1.50. The smallest absolute Gasteiger partial charge is 0.150 e. The Balaban J connectivity index is 1.72. The third-order valence-electron chi connectivity index (χ3n) is 3.64. The monoisotopic (exact) mass is 287 g/mol. The summed E-state index contributed by atoms with van der Waals surface area (Å²) in [6, 6.07) is 0. The summed E-state index contributed by atoms with van der Waals surface area (Å²) in [7, 11) is 0. The molecular formula is C15H21N5O. The molecule has 0 spiro atoms. The first-order valence-corrected chi connectivity index (χ1v) is 7.27. The van der Waals surface area contributed by atoms with Crippen LogP contribution in [-0.4, -0.2) is 45.5 Å². The van der Waals surface area contributed by atoms with Gasteiger partial charge in [-0.05, 0) is 26.3 Å². The fraction of sp³-hybridized carbons (Fsp3) is 0.533. The van der Waals surface area contributed by atoms with Gasteiger partial charge in [-0.1, -0.05) is 0 Å². The Labute approximate surface area is 124 Å². The second-order valence-corrected chi connectivity index (χ2v) is 5.60. The number of aryl methyl sites for hydroxylation is 3. The Morgan fingerprint density at radius 3 is 2.90 bits per heavy atom. The lowest BCUT2D eigenvalue weighted by molar-refractivity contribution is 0.0271. The number of hydrogen-bond donors (Lipinski definition) is 0. The summed E-state index contributed by atoms with van der Waals surface area (Å²) in [5, 5.41) is 4.33. The van der Waals surface area contributed by atoms with Gasteiger partial charge in [-0.25, -0.2) is 4.98 Å². The van der Waals surface area contributed by atoms with E-state index in [0.29, 0.717) is 6.61 Å². The number of ether oxygens (including phenoxy) is 1. The van der Waals surface area contributed by atoms with E-state index in [0.717, 1.165) is 36.8 Å². The highest BCUT2D eigenvalue weighted by Gasteiger charge is 2.23. The van der Waals surface area contributed by atoms with Gasteiger partial charge in [-0.3, -0.25) is 9.67 Å². The van der Waals surface area contributed by atoms with E-state index in [1.165, 1.54) is 5.56 Å². The molecule has 0 N–H and O–H groups in total. The molecule has 1 aliphatic heterocycles. The summed E-state index contributed by atoms with van der Waals surface area (Å²) in [4.78, 5) is 11.3. The second kappa shape index (κ2) is 5.81. The lowest BCUT2D eigenvalue weighted by Gasteiger charge is -2.34. The molecule has 3 rings (SSSR count). The van der Waals surface area contributed by atoms with Gasteiger partial charge >= 0.3 is 0 Å². The maximum Gasteiger partial charge on any atom is 0.150 e. The number of nitrogens with zero attached hydrogens (tertiary/aromatic N) is 5. The number of rotatable bonds is 3. The molecule has 1 saturated heterocycles. The van der Waals surface area contributed by atoms with Crippen LogP contribution in [-0.2, 0) is 11.3 Å². The number of aromatic nitrogens is 4. The van der Waals surface area contributed by atoms with Gasteiger partial charge in [-0.15, -0.1) is 0 Å². The summed E-state index contributed by atoms with van der Waals surface area (Å²) >= 11 is 0. The zero-order chi connectivity index (χ0) is 14.8. The van der Waals surface area contributed by atoms with E-state index in [2.05, 4.69) is 20.0 Å². The minimum absolute atomic E-state index is 0.125. The summed E-state index contributed by atoms with van der Waals surface area (Å²) < 4.78 is 7.81. The Morgan fingerprint density at radius 2 is 2.14 bits per heavy atom. The Bertz CT molecular complexity index is 624. The highest BCUT2D eigenvalue weighted by atomic mass is 16.5. The largest absolute Gasteiger partial charge is 0.373 e. The topological polar surface area (TPSA) is 56.1 Å². The van der Waals surface area contributed by atoms with Crippen LogP contribution in [0.5, 0.6) is 0 Å². The molecule has 1 atom stereocenters. The van der Waals surface area contributed by atoms with Crippen LogP contribution in [0.1, 0.15) is 17.0 Å². The fourth-order valence-corrected chi connectivity index (χ4v) is 2.62. The van der Waals surface area contributed by atoms with Crippen molar-refractivity contribution >= 4 is 5.82 Å². The first-order valence-electron chi connectivity index (χ1n) is 7.27. The van der Waals surface area contributed by atoms with Crippen molar-refractivity contribution in [1.82, 2.24) is 19.7 Å². The van der Waals surface area contributed by atoms with Gasteiger partial charge < -0.3 is 9.64 Å². The lowest BCUT2D eigenvalue weighted by Crippen LogP contribution is -2.45. The van der Waals surface area contributed by atoms with Crippen LogP contribution in [0.2, 0.25) is 0 Å². The lowest BCUT2D eigenvalue weighted by atomic mass is 10.2. The van der Waals surface area contributed by atoms with Crippen molar-refractivity contribution in [2.24, 2.45) is 0 Å². The van der Waals surface area contributed by atoms with E-state index < -0.39 is 0 Å². The molecule has 0 aliphatic carbocycles. The van der Waals surface area contributed by atoms with Crippen LogP contribution >= 0.6 is 0 Å². The van der Waals surface area contributed by atoms with E-state index in [1.807, 2.05) is 44.0 Å². The van der Waals surface area contributed by atoms with E-state index >= 15 is 0 Å². The van der Waals surface area contributed by atoms with E-state index in [9.17, 15) is 0 Å². The van der Waals surface area contributed by atoms with Crippen LogP contribution in [0.3, 0.4) is 0 Å². The summed E-state index contributed by atoms with van der Waals surface area (Å²) in [5.41, 5.74) is 3.08. The highest BCUT2D eigenvalue weighted by molar-refractivity contribution is 5.43. The molecule has 2 aromatic rings. The second-order valence-electron chi connectivity index (χ2n) is 5.60. The standard InChI is InChI=1S/C15H21N5O/c1-11-6-17-20(8-11)10-14-9-19(4-5-21-14)15-13(3)16-7-12(2)18-15/h6-8,14H,4-5,9-10H2,1-3H3/t14-/m0/s1. The first kappa shape index (κ1) is 14.0. The quantitative estimate of drug-likeness (QED) is 0.856. The number of morpholine rings is 1. The molecule has 3 heterocycles. The molecule has 0 amide bonds. The molecule has 0 radical (unpaired) electrons. The molecule has 6 nitrogen and oxygen atoms in total. The van der Waals surface area contributed by atoms with E-state index in [1.54, 1.807) is 0 Å². The number of anilines is 1. The van der Waals surface area contributed by atoms with Crippen molar-refractivity contribution < 1.29 is 4.74 Å². The van der Waals surface area contributed by atoms with E-state index in [-0.39, 0.29) is 6.10 Å². The first-order chi connectivity index (χ1) is 10.1. The SMILES string of the molecule is Cc1cnn(C[C@@H]2CN(c3nc(C)cnc3C)CCO2)c1. The average Bonchev–Trinajstić information content (AvgIpc) is 2.87. The van der Waals surface area contributed by atoms with Gasteiger partial charge in [0.05, 0.1) is 36.8 Å². The molecule has 0 unspecified atom stereocenters. The van der Waals surface area contributed by atoms with Crippen LogP contribution in [0.4, 0.5) is 5.82 Å². The molecule has 1 aliphatic rings. The Hall–Kier alpha value is -1.95. The predicted molar refractivity (Wildman–Crippen MR) is 80.4 cm³/mol. The molecule has 2 aromatic heterocycles. The minimum atomic E-state index is 0.125. The van der Waals surface area contributed by atoms with Crippen molar-refractivity contribution in [3.8, 4) is 0 Å². The maximum atomic E-state index is 5.86. The molecule has 0 aromatic carbocycles. The number of hydrogen-bond acceptors (Lipinski definition) is 5. The summed E-state index contributed by atoms with van der Waals surface area (Å²) in [6.07, 6.45) is 5.85. The normalized spacial score (nSPS) is 19.0. The molecular weight excluding hydrogens is 266 g/mol. The molecule has 6 heteroatoms. The average molecular weight is 287 g/mol. The van der Waals surface area contributed by atoms with Crippen molar-refractivity contribution in [3.63, 3.8) is 0 Å². The maximum absolute atomic E-state index is 5.86. The fourth-order valence-electron chi connectivity index (χ4n) is 2.62. The zero-order valence-corrected chi connectivity index (χ0v) is 12.8. The molecule has 0 saturated carbocycles. The van der Waals surface area contributed by atoms with Gasteiger partial charge in [0.15, 0.2) is 5.82 Å². The third kappa shape index (κ3) is 3.21. The minimum Gasteiger partial charge on any atom is -0.373 e. The zero-order valence-electron chi connectivity index (χ0n) is 12.8. The van der Waals surface area contributed by atoms with Crippen molar-refractivity contribution in [2.75, 3.05) is 24.6 Å². The van der Waals surface area contributed by atoms with Gasteiger partial charge in [0.1, 0.15) is 0 Å². The van der Waals surface area contributed by atoms with Crippen molar-refractivity contribution in [3.05, 3.63) is 35.5 Å². The summed E-state index contributed by atoms with van der Waals surface area (Å²) in [5.74, 6) is 0.972. The van der Waals surface area contributed by atoms with Gasteiger partial charge in [0, 0.05) is 25.5 Å². The van der Waals surface area contributed by atoms with Crippen LogP contribution in [0, 0.1) is 20.8 Å². The van der Waals surface area contributed by atoms with Crippen LogP contribution in [0.15, 0.2) is 18.6 Å². The van der Waals surface area contributed by atoms with Crippen LogP contribution < -0.4 is 4.90 Å².